The van der Waals surface area contributed by atoms with Crippen molar-refractivity contribution in [3.05, 3.63) is 0 Å². The molecular weight excluding hydrogens is 328 g/mol. The molecule has 1 unspecified atom stereocenters. The molecule has 1 saturated carbocycles. The van der Waals surface area contributed by atoms with Crippen LogP contribution in [0.15, 0.2) is 0 Å². The molecule has 1 aliphatic heterocycles. The summed E-state index contributed by atoms with van der Waals surface area (Å²) in [7, 11) is 0. The van der Waals surface area contributed by atoms with Crippen LogP contribution in [0.25, 0.3) is 0 Å². The van der Waals surface area contributed by atoms with Crippen LogP contribution in [0.3, 0.4) is 0 Å². The lowest BCUT2D eigenvalue weighted by molar-refractivity contribution is 0.00112. The van der Waals surface area contributed by atoms with E-state index in [1.54, 1.807) is 0 Å². The van der Waals surface area contributed by atoms with Gasteiger partial charge in [0.1, 0.15) is 6.10 Å². The van der Waals surface area contributed by atoms with E-state index in [0.29, 0.717) is 23.7 Å². The monoisotopic (exact) mass is 368 g/mol. The highest BCUT2D eigenvalue weighted by Crippen LogP contribution is 2.35. The average Bonchev–Trinajstić information content (AvgIpc) is 2.61. The van der Waals surface area contributed by atoms with Gasteiger partial charge in [-0.1, -0.05) is 47.5 Å². The minimum Gasteiger partial charge on any atom is -0.446 e. The zero-order valence-electron chi connectivity index (χ0n) is 17.5. The third-order valence-corrected chi connectivity index (χ3v) is 6.41. The Labute approximate surface area is 160 Å². The van der Waals surface area contributed by atoms with Crippen molar-refractivity contribution in [3.8, 4) is 0 Å². The van der Waals surface area contributed by atoms with E-state index < -0.39 is 0 Å². The molecule has 1 heterocycles. The lowest BCUT2D eigenvalue weighted by Crippen LogP contribution is -2.51. The maximum atomic E-state index is 12.7. The number of carbonyl (C=O) groups is 1. The summed E-state index contributed by atoms with van der Waals surface area (Å²) in [5.41, 5.74) is 0. The predicted molar refractivity (Wildman–Crippen MR) is 105 cm³/mol. The number of alkyl carbamates (subject to hydrolysis) is 1. The first kappa shape index (κ1) is 21.5. The third-order valence-electron chi connectivity index (χ3n) is 6.41. The summed E-state index contributed by atoms with van der Waals surface area (Å²) in [6, 6.07) is 0.129. The van der Waals surface area contributed by atoms with Crippen LogP contribution >= 0.6 is 0 Å². The van der Waals surface area contributed by atoms with Gasteiger partial charge in [0.25, 0.3) is 0 Å². The molecule has 1 saturated heterocycles. The molecule has 152 valence electrons. The van der Waals surface area contributed by atoms with E-state index >= 15 is 0 Å². The summed E-state index contributed by atoms with van der Waals surface area (Å²) >= 11 is 0. The highest BCUT2D eigenvalue weighted by Gasteiger charge is 2.34. The van der Waals surface area contributed by atoms with Crippen molar-refractivity contribution < 1.29 is 14.3 Å². The van der Waals surface area contributed by atoms with Gasteiger partial charge in [0.05, 0.1) is 13.2 Å². The van der Waals surface area contributed by atoms with Crippen molar-refractivity contribution in [2.45, 2.75) is 72.4 Å². The number of hydrogen-bond acceptors (Lipinski definition) is 4. The summed E-state index contributed by atoms with van der Waals surface area (Å²) in [5, 5.41) is 3.19. The van der Waals surface area contributed by atoms with E-state index in [0.717, 1.165) is 45.7 Å². The third kappa shape index (κ3) is 6.41. The largest absolute Gasteiger partial charge is 0.446 e. The van der Waals surface area contributed by atoms with Crippen molar-refractivity contribution >= 4 is 6.09 Å². The van der Waals surface area contributed by atoms with E-state index in [1.807, 2.05) is 0 Å². The van der Waals surface area contributed by atoms with Crippen LogP contribution in [-0.4, -0.2) is 56.0 Å². The normalized spacial score (nSPS) is 30.0. The SMILES string of the molecule is CCC(C)[C@@H](CN1CCOCC1)NC(=O)O[C@H]1C[C@@H](C)CC[C@@H]1C(C)C. The molecule has 0 aromatic carbocycles. The predicted octanol–water partition coefficient (Wildman–Crippen LogP) is 3.92. The Morgan fingerprint density at radius 3 is 2.54 bits per heavy atom. The molecule has 5 nitrogen and oxygen atoms in total. The quantitative estimate of drug-likeness (QED) is 0.740. The van der Waals surface area contributed by atoms with E-state index in [1.165, 1.54) is 12.8 Å². The molecule has 5 heteroatoms. The van der Waals surface area contributed by atoms with Gasteiger partial charge in [-0.3, -0.25) is 4.90 Å². The van der Waals surface area contributed by atoms with Gasteiger partial charge in [0.2, 0.25) is 0 Å². The summed E-state index contributed by atoms with van der Waals surface area (Å²) < 4.78 is 11.4. The molecule has 1 aliphatic carbocycles. The Bertz CT molecular complexity index is 423. The maximum absolute atomic E-state index is 12.7. The van der Waals surface area contributed by atoms with Gasteiger partial charge < -0.3 is 14.8 Å². The molecule has 1 amide bonds. The number of rotatable bonds is 7. The molecule has 0 radical (unpaired) electrons. The second-order valence-electron chi connectivity index (χ2n) is 8.82. The van der Waals surface area contributed by atoms with Gasteiger partial charge in [-0.05, 0) is 36.5 Å². The number of nitrogens with one attached hydrogen (secondary N) is 1. The summed E-state index contributed by atoms with van der Waals surface area (Å²) in [6.07, 6.45) is 4.28. The standard InChI is InChI=1S/C21H40N2O3/c1-6-17(5)19(14-23-9-11-25-12-10-23)22-21(24)26-20-13-16(4)7-8-18(20)15(2)3/h15-20H,6-14H2,1-5H3,(H,22,24)/t16-,17?,18+,19+,20-/m0/s1. The first-order valence-corrected chi connectivity index (χ1v) is 10.7. The van der Waals surface area contributed by atoms with Gasteiger partial charge in [-0.25, -0.2) is 4.79 Å². The van der Waals surface area contributed by atoms with Crippen LogP contribution < -0.4 is 5.32 Å². The minimum atomic E-state index is -0.228. The van der Waals surface area contributed by atoms with E-state index in [-0.39, 0.29) is 18.2 Å². The van der Waals surface area contributed by atoms with Crippen LogP contribution in [0.2, 0.25) is 0 Å². The van der Waals surface area contributed by atoms with Crippen LogP contribution in [0.4, 0.5) is 4.79 Å². The zero-order valence-corrected chi connectivity index (χ0v) is 17.5. The van der Waals surface area contributed by atoms with Crippen molar-refractivity contribution in [3.63, 3.8) is 0 Å². The molecule has 0 aromatic rings. The minimum absolute atomic E-state index is 0.0553. The molecule has 2 rings (SSSR count). The van der Waals surface area contributed by atoms with E-state index in [9.17, 15) is 4.79 Å². The Hall–Kier alpha value is -0.810. The Morgan fingerprint density at radius 1 is 1.23 bits per heavy atom. The van der Waals surface area contributed by atoms with Gasteiger partial charge in [0.15, 0.2) is 0 Å². The Balaban J connectivity index is 1.92. The molecule has 2 aliphatic rings. The van der Waals surface area contributed by atoms with Crippen LogP contribution in [0.5, 0.6) is 0 Å². The van der Waals surface area contributed by atoms with Crippen molar-refractivity contribution in [1.82, 2.24) is 10.2 Å². The fraction of sp³-hybridized carbons (Fsp3) is 0.952. The zero-order chi connectivity index (χ0) is 19.1. The Morgan fingerprint density at radius 2 is 1.92 bits per heavy atom. The number of hydrogen-bond donors (Lipinski definition) is 1. The van der Waals surface area contributed by atoms with Crippen molar-refractivity contribution in [2.24, 2.45) is 23.7 Å². The number of amides is 1. The fourth-order valence-corrected chi connectivity index (χ4v) is 4.29. The summed E-state index contributed by atoms with van der Waals surface area (Å²) in [4.78, 5) is 15.1. The first-order chi connectivity index (χ1) is 12.4. The van der Waals surface area contributed by atoms with Gasteiger partial charge in [-0.2, -0.15) is 0 Å². The maximum Gasteiger partial charge on any atom is 0.407 e. The number of carbonyl (C=O) groups excluding carboxylic acids is 1. The highest BCUT2D eigenvalue weighted by molar-refractivity contribution is 5.68. The molecular formula is C21H40N2O3. The summed E-state index contributed by atoms with van der Waals surface area (Å²) in [5.74, 6) is 2.11. The van der Waals surface area contributed by atoms with Crippen LogP contribution in [0.1, 0.15) is 60.3 Å². The Kier molecular flexibility index (Phi) is 8.68. The number of ether oxygens (including phenoxy) is 2. The average molecular weight is 369 g/mol. The van der Waals surface area contributed by atoms with Crippen LogP contribution in [0, 0.1) is 23.7 Å². The first-order valence-electron chi connectivity index (χ1n) is 10.7. The molecule has 0 bridgehead atoms. The second-order valence-corrected chi connectivity index (χ2v) is 8.82. The fourth-order valence-electron chi connectivity index (χ4n) is 4.29. The number of morpholine rings is 1. The lowest BCUT2D eigenvalue weighted by atomic mass is 9.75. The highest BCUT2D eigenvalue weighted by atomic mass is 16.6. The molecule has 1 N–H and O–H groups in total. The number of nitrogens with zero attached hydrogens (tertiary/aromatic N) is 1. The second kappa shape index (κ2) is 10.5. The van der Waals surface area contributed by atoms with Gasteiger partial charge in [0, 0.05) is 25.7 Å². The van der Waals surface area contributed by atoms with E-state index in [2.05, 4.69) is 44.8 Å². The summed E-state index contributed by atoms with van der Waals surface area (Å²) in [6.45, 7) is 15.5. The van der Waals surface area contributed by atoms with Crippen molar-refractivity contribution in [2.75, 3.05) is 32.8 Å². The molecule has 0 spiro atoms. The van der Waals surface area contributed by atoms with E-state index in [4.69, 9.17) is 9.47 Å². The van der Waals surface area contributed by atoms with Gasteiger partial charge >= 0.3 is 6.09 Å². The molecule has 0 aromatic heterocycles. The smallest absolute Gasteiger partial charge is 0.407 e. The molecule has 2 fully saturated rings. The molecule has 5 atom stereocenters. The lowest BCUT2D eigenvalue weighted by Gasteiger charge is -2.37. The molecule has 26 heavy (non-hydrogen) atoms. The van der Waals surface area contributed by atoms with Crippen molar-refractivity contribution in [1.29, 1.82) is 0 Å². The van der Waals surface area contributed by atoms with Crippen LogP contribution in [-0.2, 0) is 9.47 Å². The van der Waals surface area contributed by atoms with Gasteiger partial charge in [-0.15, -0.1) is 0 Å². The topological polar surface area (TPSA) is 50.8 Å².